The van der Waals surface area contributed by atoms with Gasteiger partial charge in [-0.2, -0.15) is 0 Å². The SMILES string of the molecule is O[Si](c1cccc(C2CCCCCC2)c1)(c1cccc(C2CCCCCC2)c1)c1cccc(C2CCCCCC2)c1. The van der Waals surface area contributed by atoms with Crippen molar-refractivity contribution in [1.29, 1.82) is 0 Å². The zero-order chi connectivity index (χ0) is 27.9. The van der Waals surface area contributed by atoms with Gasteiger partial charge in [-0.1, -0.05) is 150 Å². The van der Waals surface area contributed by atoms with Gasteiger partial charge in [0.25, 0.3) is 8.32 Å². The molecule has 41 heavy (non-hydrogen) atoms. The molecule has 0 aromatic heterocycles. The summed E-state index contributed by atoms with van der Waals surface area (Å²) in [6.07, 6.45) is 24.0. The molecule has 218 valence electrons. The molecule has 0 heterocycles. The van der Waals surface area contributed by atoms with E-state index in [1.165, 1.54) is 148 Å². The molecule has 0 saturated heterocycles. The van der Waals surface area contributed by atoms with Crippen LogP contribution in [0.15, 0.2) is 72.8 Å². The molecule has 3 aliphatic carbocycles. The molecular weight excluding hydrogens is 513 g/mol. The van der Waals surface area contributed by atoms with E-state index in [1.807, 2.05) is 0 Å². The Hall–Kier alpha value is -2.16. The van der Waals surface area contributed by atoms with Crippen molar-refractivity contribution in [1.82, 2.24) is 0 Å². The summed E-state index contributed by atoms with van der Waals surface area (Å²) in [5.74, 6) is 1.89. The molecule has 0 aliphatic heterocycles. The fraction of sp³-hybridized carbons (Fsp3) is 0.538. The Labute approximate surface area is 250 Å². The second kappa shape index (κ2) is 13.9. The normalized spacial score (nSPS) is 20.7. The topological polar surface area (TPSA) is 20.2 Å². The van der Waals surface area contributed by atoms with Crippen LogP contribution in [0.5, 0.6) is 0 Å². The molecule has 6 rings (SSSR count). The second-order valence-electron chi connectivity index (χ2n) is 13.7. The molecule has 2 heteroatoms. The smallest absolute Gasteiger partial charge is 0.285 e. The third-order valence-corrected chi connectivity index (χ3v) is 14.3. The van der Waals surface area contributed by atoms with Gasteiger partial charge in [0.2, 0.25) is 0 Å². The van der Waals surface area contributed by atoms with Crippen molar-refractivity contribution in [3.63, 3.8) is 0 Å². The average molecular weight is 565 g/mol. The van der Waals surface area contributed by atoms with Crippen molar-refractivity contribution < 1.29 is 4.80 Å². The van der Waals surface area contributed by atoms with Crippen LogP contribution in [-0.2, 0) is 0 Å². The lowest BCUT2D eigenvalue weighted by Gasteiger charge is -2.30. The van der Waals surface area contributed by atoms with E-state index >= 15 is 0 Å². The lowest BCUT2D eigenvalue weighted by molar-refractivity contribution is 0.578. The zero-order valence-corrected chi connectivity index (χ0v) is 26.3. The molecule has 1 nitrogen and oxygen atoms in total. The summed E-state index contributed by atoms with van der Waals surface area (Å²) in [4.78, 5) is 13.3. The molecule has 0 radical (unpaired) electrons. The van der Waals surface area contributed by atoms with Crippen molar-refractivity contribution in [2.45, 2.75) is 133 Å². The van der Waals surface area contributed by atoms with Gasteiger partial charge in [-0.25, -0.2) is 0 Å². The number of hydrogen-bond donors (Lipinski definition) is 1. The minimum atomic E-state index is -3.20. The van der Waals surface area contributed by atoms with Gasteiger partial charge in [0.05, 0.1) is 0 Å². The van der Waals surface area contributed by atoms with Crippen LogP contribution in [0.4, 0.5) is 0 Å². The summed E-state index contributed by atoms with van der Waals surface area (Å²) in [5, 5.41) is 3.53. The van der Waals surface area contributed by atoms with Crippen molar-refractivity contribution in [3.05, 3.63) is 89.5 Å². The zero-order valence-electron chi connectivity index (χ0n) is 25.3. The van der Waals surface area contributed by atoms with Crippen molar-refractivity contribution in [2.24, 2.45) is 0 Å². The summed E-state index contributed by atoms with van der Waals surface area (Å²) in [6.45, 7) is 0. The van der Waals surface area contributed by atoms with Crippen LogP contribution in [0.3, 0.4) is 0 Å². The molecule has 3 fully saturated rings. The fourth-order valence-corrected chi connectivity index (χ4v) is 11.5. The molecule has 0 bridgehead atoms. The Bertz CT molecular complexity index is 1090. The van der Waals surface area contributed by atoms with E-state index < -0.39 is 8.32 Å². The van der Waals surface area contributed by atoms with Crippen LogP contribution >= 0.6 is 0 Å². The van der Waals surface area contributed by atoms with E-state index in [1.54, 1.807) is 0 Å². The maximum absolute atomic E-state index is 13.3. The standard InChI is InChI=1S/C39H52OSi/c40-41(37-25-13-22-34(28-37)31-16-7-1-2-8-17-31,38-26-14-23-35(29-38)32-18-9-3-4-10-19-32)39-27-15-24-36(30-39)33-20-11-5-6-12-21-33/h13-15,22-33,40H,1-12,16-21H2. The van der Waals surface area contributed by atoms with Gasteiger partial charge in [0.15, 0.2) is 0 Å². The highest BCUT2D eigenvalue weighted by Crippen LogP contribution is 2.34. The Kier molecular flexibility index (Phi) is 9.79. The first-order chi connectivity index (χ1) is 20.2. The summed E-state index contributed by atoms with van der Waals surface area (Å²) in [7, 11) is -3.20. The van der Waals surface area contributed by atoms with Crippen LogP contribution in [0.25, 0.3) is 0 Å². The van der Waals surface area contributed by atoms with E-state index in [-0.39, 0.29) is 0 Å². The third-order valence-electron chi connectivity index (χ3n) is 10.9. The fourth-order valence-electron chi connectivity index (χ4n) is 8.39. The molecule has 1 N–H and O–H groups in total. The predicted octanol–water partition coefficient (Wildman–Crippen LogP) is 8.96. The predicted molar refractivity (Wildman–Crippen MR) is 178 cm³/mol. The first-order valence-corrected chi connectivity index (χ1v) is 19.2. The second-order valence-corrected chi connectivity index (χ2v) is 16.8. The van der Waals surface area contributed by atoms with Crippen molar-refractivity contribution in [3.8, 4) is 0 Å². The van der Waals surface area contributed by atoms with Crippen LogP contribution in [0, 0.1) is 0 Å². The van der Waals surface area contributed by atoms with Crippen molar-refractivity contribution in [2.75, 3.05) is 0 Å². The minimum Gasteiger partial charge on any atom is -0.421 e. The van der Waals surface area contributed by atoms with Gasteiger partial charge < -0.3 is 4.80 Å². The molecule has 3 aromatic rings. The molecular formula is C39H52OSi. The summed E-state index contributed by atoms with van der Waals surface area (Å²) in [6, 6.07) is 27.8. The van der Waals surface area contributed by atoms with Crippen LogP contribution < -0.4 is 15.6 Å². The van der Waals surface area contributed by atoms with E-state index in [9.17, 15) is 4.80 Å². The summed E-state index contributed by atoms with van der Waals surface area (Å²) < 4.78 is 0. The maximum Gasteiger partial charge on any atom is 0.285 e. The lowest BCUT2D eigenvalue weighted by atomic mass is 9.92. The highest BCUT2D eigenvalue weighted by Gasteiger charge is 2.39. The van der Waals surface area contributed by atoms with Gasteiger partial charge in [-0.05, 0) is 88.5 Å². The third kappa shape index (κ3) is 6.75. The van der Waals surface area contributed by atoms with Crippen molar-refractivity contribution >= 4 is 23.9 Å². The van der Waals surface area contributed by atoms with Gasteiger partial charge in [0, 0.05) is 0 Å². The maximum atomic E-state index is 13.3. The Morgan fingerprint density at radius 3 is 0.927 bits per heavy atom. The van der Waals surface area contributed by atoms with Gasteiger partial charge in [-0.15, -0.1) is 0 Å². The molecule has 0 unspecified atom stereocenters. The monoisotopic (exact) mass is 564 g/mol. The average Bonchev–Trinajstić information content (AvgIpc) is 3.58. The number of hydrogen-bond acceptors (Lipinski definition) is 1. The van der Waals surface area contributed by atoms with Gasteiger partial charge in [0.1, 0.15) is 0 Å². The molecule has 0 atom stereocenters. The summed E-state index contributed by atoms with van der Waals surface area (Å²) >= 11 is 0. The van der Waals surface area contributed by atoms with Crippen LogP contribution in [0.2, 0.25) is 0 Å². The molecule has 3 aromatic carbocycles. The van der Waals surface area contributed by atoms with E-state index in [0.29, 0.717) is 17.8 Å². The first kappa shape index (κ1) is 28.9. The highest BCUT2D eigenvalue weighted by molar-refractivity contribution is 7.06. The Morgan fingerprint density at radius 2 is 0.659 bits per heavy atom. The van der Waals surface area contributed by atoms with Crippen LogP contribution in [-0.4, -0.2) is 13.1 Å². The first-order valence-electron chi connectivity index (χ1n) is 17.3. The largest absolute Gasteiger partial charge is 0.421 e. The molecule has 0 amide bonds. The Balaban J connectivity index is 1.44. The molecule has 3 aliphatic rings. The highest BCUT2D eigenvalue weighted by atomic mass is 28.4. The van der Waals surface area contributed by atoms with E-state index in [0.717, 1.165) is 0 Å². The lowest BCUT2D eigenvalue weighted by Crippen LogP contribution is -2.67. The van der Waals surface area contributed by atoms with Gasteiger partial charge >= 0.3 is 0 Å². The Morgan fingerprint density at radius 1 is 0.390 bits per heavy atom. The van der Waals surface area contributed by atoms with E-state index in [4.69, 9.17) is 0 Å². The summed E-state index contributed by atoms with van der Waals surface area (Å²) in [5.41, 5.74) is 4.36. The quantitative estimate of drug-likeness (QED) is 0.180. The molecule has 3 saturated carbocycles. The minimum absolute atomic E-state index is 0.630. The van der Waals surface area contributed by atoms with E-state index in [2.05, 4.69) is 72.8 Å². The van der Waals surface area contributed by atoms with Gasteiger partial charge in [-0.3, -0.25) is 0 Å². The van der Waals surface area contributed by atoms with Crippen LogP contribution in [0.1, 0.15) is 150 Å². The number of benzene rings is 3. The molecule has 0 spiro atoms. The number of rotatable bonds is 6.